The minimum absolute atomic E-state index is 0.141. The van der Waals surface area contributed by atoms with Crippen LogP contribution in [0.5, 0.6) is 0 Å². The largest absolute Gasteiger partial charge is 0.393 e. The Balaban J connectivity index is 1.51. The van der Waals surface area contributed by atoms with Crippen molar-refractivity contribution >= 4 is 11.6 Å². The van der Waals surface area contributed by atoms with Crippen molar-refractivity contribution in [1.82, 2.24) is 4.90 Å². The van der Waals surface area contributed by atoms with Crippen LogP contribution in [0.1, 0.15) is 28.8 Å². The normalized spacial score (nSPS) is 15.9. The van der Waals surface area contributed by atoms with Crippen LogP contribution >= 0.6 is 0 Å². The van der Waals surface area contributed by atoms with Crippen LogP contribution in [0.15, 0.2) is 48.5 Å². The summed E-state index contributed by atoms with van der Waals surface area (Å²) in [4.78, 5) is 14.5. The van der Waals surface area contributed by atoms with Gasteiger partial charge in [0.05, 0.1) is 6.10 Å². The highest BCUT2D eigenvalue weighted by molar-refractivity contribution is 6.04. The predicted molar refractivity (Wildman–Crippen MR) is 96.2 cm³/mol. The van der Waals surface area contributed by atoms with Gasteiger partial charge < -0.3 is 15.3 Å². The Labute approximate surface area is 147 Å². The van der Waals surface area contributed by atoms with E-state index in [2.05, 4.69) is 10.2 Å². The molecule has 1 amide bonds. The summed E-state index contributed by atoms with van der Waals surface area (Å²) in [6.45, 7) is 2.87. The number of likely N-dealkylation sites (tertiary alicyclic amines) is 1. The minimum Gasteiger partial charge on any atom is -0.393 e. The molecule has 5 heteroatoms. The average Bonchev–Trinajstić information content (AvgIpc) is 2.62. The lowest BCUT2D eigenvalue weighted by Crippen LogP contribution is -2.37. The lowest BCUT2D eigenvalue weighted by atomic mass is 10.1. The molecule has 0 unspecified atom stereocenters. The number of carbonyl (C=O) groups is 1. The second-order valence-electron chi connectivity index (χ2n) is 6.48. The summed E-state index contributed by atoms with van der Waals surface area (Å²) in [5.41, 5.74) is 2.20. The minimum atomic E-state index is -0.423. The van der Waals surface area contributed by atoms with E-state index in [0.29, 0.717) is 11.3 Å². The van der Waals surface area contributed by atoms with Crippen LogP contribution in [0, 0.1) is 5.82 Å². The number of carbonyl (C=O) groups excluding carboxylic acids is 1. The average molecular weight is 342 g/mol. The lowest BCUT2D eigenvalue weighted by molar-refractivity contribution is 0.0832. The molecule has 0 spiro atoms. The number of hydrogen-bond acceptors (Lipinski definition) is 3. The Kier molecular flexibility index (Phi) is 5.79. The number of halogens is 1. The summed E-state index contributed by atoms with van der Waals surface area (Å²) < 4.78 is 13.2. The van der Waals surface area contributed by atoms with E-state index in [1.54, 1.807) is 6.07 Å². The van der Waals surface area contributed by atoms with Crippen molar-refractivity contribution < 1.29 is 14.3 Å². The molecule has 25 heavy (non-hydrogen) atoms. The van der Waals surface area contributed by atoms with E-state index in [0.717, 1.165) is 38.9 Å². The summed E-state index contributed by atoms with van der Waals surface area (Å²) >= 11 is 0. The van der Waals surface area contributed by atoms with Gasteiger partial charge in [0.2, 0.25) is 0 Å². The van der Waals surface area contributed by atoms with Crippen LogP contribution in [-0.2, 0) is 6.42 Å². The Morgan fingerprint density at radius 3 is 2.56 bits per heavy atom. The Morgan fingerprint density at radius 1 is 1.16 bits per heavy atom. The number of rotatable bonds is 5. The van der Waals surface area contributed by atoms with Crippen molar-refractivity contribution in [3.05, 3.63) is 65.5 Å². The fraction of sp³-hybridized carbons (Fsp3) is 0.350. The van der Waals surface area contributed by atoms with E-state index in [4.69, 9.17) is 0 Å². The zero-order valence-electron chi connectivity index (χ0n) is 14.1. The lowest BCUT2D eigenvalue weighted by Gasteiger charge is -2.29. The van der Waals surface area contributed by atoms with E-state index in [-0.39, 0.29) is 12.0 Å². The molecule has 132 valence electrons. The van der Waals surface area contributed by atoms with Crippen molar-refractivity contribution in [2.75, 3.05) is 25.0 Å². The maximum Gasteiger partial charge on any atom is 0.255 e. The van der Waals surface area contributed by atoms with Crippen LogP contribution in [0.2, 0.25) is 0 Å². The smallest absolute Gasteiger partial charge is 0.255 e. The number of hydrogen-bond donors (Lipinski definition) is 2. The molecule has 2 N–H and O–H groups in total. The topological polar surface area (TPSA) is 52.6 Å². The Bertz CT molecular complexity index is 710. The van der Waals surface area contributed by atoms with Gasteiger partial charge >= 0.3 is 0 Å². The molecule has 3 rings (SSSR count). The van der Waals surface area contributed by atoms with Crippen molar-refractivity contribution in [1.29, 1.82) is 0 Å². The van der Waals surface area contributed by atoms with Crippen molar-refractivity contribution in [2.24, 2.45) is 0 Å². The van der Waals surface area contributed by atoms with Gasteiger partial charge in [0.15, 0.2) is 0 Å². The molecule has 4 nitrogen and oxygen atoms in total. The first-order valence-corrected chi connectivity index (χ1v) is 8.66. The van der Waals surface area contributed by atoms with Crippen LogP contribution < -0.4 is 5.32 Å². The van der Waals surface area contributed by atoms with Gasteiger partial charge in [0.1, 0.15) is 5.82 Å². The van der Waals surface area contributed by atoms with Crippen molar-refractivity contribution in [3.8, 4) is 0 Å². The molecule has 0 atom stereocenters. The molecule has 0 aromatic heterocycles. The van der Waals surface area contributed by atoms with E-state index in [1.165, 1.54) is 23.8 Å². The third kappa shape index (κ3) is 5.11. The molecule has 0 radical (unpaired) electrons. The van der Waals surface area contributed by atoms with Crippen LogP contribution in [0.4, 0.5) is 10.1 Å². The summed E-state index contributed by atoms with van der Waals surface area (Å²) in [6.07, 6.45) is 2.50. The first kappa shape index (κ1) is 17.6. The third-order valence-corrected chi connectivity index (χ3v) is 4.57. The SMILES string of the molecule is O=C(Nc1ccc(CCN2CCC(O)CC2)cc1)c1cccc(F)c1. The molecule has 0 bridgehead atoms. The maximum atomic E-state index is 13.2. The van der Waals surface area contributed by atoms with Gasteiger partial charge in [0, 0.05) is 30.9 Å². The standard InChI is InChI=1S/C20H23FN2O2/c21-17-3-1-2-16(14-17)20(25)22-18-6-4-15(5-7-18)8-11-23-12-9-19(24)10-13-23/h1-7,14,19,24H,8-13H2,(H,22,25). The molecule has 1 heterocycles. The zero-order chi connectivity index (χ0) is 17.6. The van der Waals surface area contributed by atoms with Gasteiger partial charge in [-0.15, -0.1) is 0 Å². The summed E-state index contributed by atoms with van der Waals surface area (Å²) in [7, 11) is 0. The monoisotopic (exact) mass is 342 g/mol. The zero-order valence-corrected chi connectivity index (χ0v) is 14.1. The molecular weight excluding hydrogens is 319 g/mol. The van der Waals surface area contributed by atoms with E-state index < -0.39 is 5.82 Å². The highest BCUT2D eigenvalue weighted by Crippen LogP contribution is 2.14. The number of piperidine rings is 1. The van der Waals surface area contributed by atoms with E-state index in [1.807, 2.05) is 24.3 Å². The molecular formula is C20H23FN2O2. The van der Waals surface area contributed by atoms with Gasteiger partial charge in [-0.1, -0.05) is 18.2 Å². The molecule has 0 saturated carbocycles. The number of amides is 1. The Hall–Kier alpha value is -2.24. The van der Waals surface area contributed by atoms with Gasteiger partial charge in [-0.3, -0.25) is 4.79 Å². The highest BCUT2D eigenvalue weighted by Gasteiger charge is 2.16. The quantitative estimate of drug-likeness (QED) is 0.878. The molecule has 2 aromatic carbocycles. The van der Waals surface area contributed by atoms with Crippen LogP contribution in [-0.4, -0.2) is 41.7 Å². The molecule has 0 aliphatic carbocycles. The number of nitrogens with zero attached hydrogens (tertiary/aromatic N) is 1. The second kappa shape index (κ2) is 8.23. The second-order valence-corrected chi connectivity index (χ2v) is 6.48. The van der Waals surface area contributed by atoms with Gasteiger partial charge in [-0.25, -0.2) is 4.39 Å². The number of nitrogens with one attached hydrogen (secondary N) is 1. The number of aliphatic hydroxyl groups is 1. The molecule has 1 saturated heterocycles. The first-order chi connectivity index (χ1) is 12.1. The van der Waals surface area contributed by atoms with Gasteiger partial charge in [-0.05, 0) is 55.2 Å². The summed E-state index contributed by atoms with van der Waals surface area (Å²) in [6, 6.07) is 13.4. The fourth-order valence-corrected chi connectivity index (χ4v) is 3.02. The summed E-state index contributed by atoms with van der Waals surface area (Å²) in [5, 5.41) is 12.3. The van der Waals surface area contributed by atoms with Crippen LogP contribution in [0.25, 0.3) is 0 Å². The maximum absolute atomic E-state index is 13.2. The van der Waals surface area contributed by atoms with E-state index >= 15 is 0 Å². The number of benzene rings is 2. The van der Waals surface area contributed by atoms with Gasteiger partial charge in [0.25, 0.3) is 5.91 Å². The Morgan fingerprint density at radius 2 is 1.88 bits per heavy atom. The molecule has 1 fully saturated rings. The molecule has 1 aliphatic heterocycles. The number of aliphatic hydroxyl groups excluding tert-OH is 1. The van der Waals surface area contributed by atoms with Gasteiger partial charge in [-0.2, -0.15) is 0 Å². The number of anilines is 1. The van der Waals surface area contributed by atoms with Crippen LogP contribution in [0.3, 0.4) is 0 Å². The summed E-state index contributed by atoms with van der Waals surface area (Å²) in [5.74, 6) is -0.743. The third-order valence-electron chi connectivity index (χ3n) is 4.57. The van der Waals surface area contributed by atoms with E-state index in [9.17, 15) is 14.3 Å². The van der Waals surface area contributed by atoms with Crippen molar-refractivity contribution in [2.45, 2.75) is 25.4 Å². The molecule has 1 aliphatic rings. The fourth-order valence-electron chi connectivity index (χ4n) is 3.02. The van der Waals surface area contributed by atoms with Crippen molar-refractivity contribution in [3.63, 3.8) is 0 Å². The first-order valence-electron chi connectivity index (χ1n) is 8.66. The molecule has 2 aromatic rings. The predicted octanol–water partition coefficient (Wildman–Crippen LogP) is 3.08. The highest BCUT2D eigenvalue weighted by atomic mass is 19.1.